The average molecular weight is 671 g/mol. The van der Waals surface area contributed by atoms with Gasteiger partial charge in [-0.3, -0.25) is 0 Å². The molecule has 5 aromatic rings. The zero-order valence-corrected chi connectivity index (χ0v) is 29.6. The van der Waals surface area contributed by atoms with E-state index in [1.165, 1.54) is 10.4 Å². The van der Waals surface area contributed by atoms with Gasteiger partial charge in [-0.05, 0) is 37.7 Å². The van der Waals surface area contributed by atoms with Crippen LogP contribution in [-0.2, 0) is 43.2 Å². The molecule has 2 aliphatic rings. The molecule has 5 aromatic carbocycles. The first-order chi connectivity index (χ1) is 23.9. The predicted molar refractivity (Wildman–Crippen MR) is 196 cm³/mol. The van der Waals surface area contributed by atoms with Crippen molar-refractivity contribution >= 4 is 18.7 Å². The monoisotopic (exact) mass is 670 g/mol. The third kappa shape index (κ3) is 7.08. The Labute approximate surface area is 291 Å². The van der Waals surface area contributed by atoms with Gasteiger partial charge >= 0.3 is 0 Å². The van der Waals surface area contributed by atoms with Crippen molar-refractivity contribution in [3.63, 3.8) is 0 Å². The van der Waals surface area contributed by atoms with Crippen LogP contribution in [0.25, 0.3) is 0 Å². The van der Waals surface area contributed by atoms with Crippen LogP contribution in [0.2, 0.25) is 5.04 Å². The van der Waals surface area contributed by atoms with E-state index >= 15 is 0 Å². The first-order valence-electron chi connectivity index (χ1n) is 17.3. The van der Waals surface area contributed by atoms with Crippen LogP contribution in [0, 0.1) is 0 Å². The second-order valence-electron chi connectivity index (χ2n) is 14.1. The summed E-state index contributed by atoms with van der Waals surface area (Å²) in [6, 6.07) is 50.5. The van der Waals surface area contributed by atoms with Crippen molar-refractivity contribution in [3.8, 4) is 0 Å². The van der Waals surface area contributed by atoms with Crippen LogP contribution in [-0.4, -0.2) is 39.3 Å². The zero-order chi connectivity index (χ0) is 33.7. The smallest absolute Gasteiger partial charge is 0.261 e. The number of rotatable bonds is 11. The third-order valence-electron chi connectivity index (χ3n) is 9.88. The molecule has 1 fully saturated rings. The normalized spacial score (nSPS) is 22.2. The summed E-state index contributed by atoms with van der Waals surface area (Å²) < 4.78 is 35.0. The summed E-state index contributed by atoms with van der Waals surface area (Å²) in [6.07, 6.45) is -1.95. The van der Waals surface area contributed by atoms with Gasteiger partial charge in [0.1, 0.15) is 30.5 Å². The highest BCUT2D eigenvalue weighted by Gasteiger charge is 2.54. The van der Waals surface area contributed by atoms with Crippen LogP contribution in [0.15, 0.2) is 146 Å². The Morgan fingerprint density at radius 1 is 0.612 bits per heavy atom. The van der Waals surface area contributed by atoms with E-state index in [-0.39, 0.29) is 17.2 Å². The maximum Gasteiger partial charge on any atom is 0.261 e. The maximum absolute atomic E-state index is 7.50. The molecule has 6 heteroatoms. The van der Waals surface area contributed by atoms with Crippen molar-refractivity contribution in [1.29, 1.82) is 0 Å². The second-order valence-corrected chi connectivity index (χ2v) is 18.4. The van der Waals surface area contributed by atoms with Crippen LogP contribution < -0.4 is 10.4 Å². The fraction of sp³-hybridized carbons (Fsp3) is 0.302. The summed E-state index contributed by atoms with van der Waals surface area (Å²) in [5, 5.41) is 2.27. The minimum Gasteiger partial charge on any atom is -0.405 e. The van der Waals surface area contributed by atoms with E-state index in [4.69, 9.17) is 23.4 Å². The van der Waals surface area contributed by atoms with E-state index in [2.05, 4.69) is 130 Å². The molecule has 0 N–H and O–H groups in total. The average Bonchev–Trinajstić information content (AvgIpc) is 3.14. The molecule has 0 aliphatic carbocycles. The van der Waals surface area contributed by atoms with E-state index in [0.717, 1.165) is 22.3 Å². The Hall–Kier alpha value is -3.88. The minimum absolute atomic E-state index is 0.183. The Morgan fingerprint density at radius 2 is 1.10 bits per heavy atom. The first kappa shape index (κ1) is 33.6. The molecule has 7 rings (SSSR count). The van der Waals surface area contributed by atoms with Gasteiger partial charge in [0.15, 0.2) is 0 Å². The molecular weight excluding hydrogens is 625 g/mol. The lowest BCUT2D eigenvalue weighted by molar-refractivity contribution is -0.276. The first-order valence-corrected chi connectivity index (χ1v) is 19.3. The molecule has 252 valence electrons. The lowest BCUT2D eigenvalue weighted by Crippen LogP contribution is -2.68. The molecule has 5 atom stereocenters. The molecule has 1 saturated heterocycles. The second kappa shape index (κ2) is 14.9. The minimum atomic E-state index is -2.87. The summed E-state index contributed by atoms with van der Waals surface area (Å²) >= 11 is 0. The van der Waals surface area contributed by atoms with Gasteiger partial charge in [0.25, 0.3) is 8.32 Å². The number of benzene rings is 5. The molecular formula is C43H46O5Si. The van der Waals surface area contributed by atoms with E-state index in [1.54, 1.807) is 0 Å². The molecule has 3 unspecified atom stereocenters. The quantitative estimate of drug-likeness (QED) is 0.134. The van der Waals surface area contributed by atoms with Gasteiger partial charge in [0.2, 0.25) is 0 Å². The Morgan fingerprint density at radius 3 is 1.65 bits per heavy atom. The summed E-state index contributed by atoms with van der Waals surface area (Å²) in [5.74, 6) is 0. The van der Waals surface area contributed by atoms with Gasteiger partial charge < -0.3 is 23.4 Å². The highest BCUT2D eigenvalue weighted by molar-refractivity contribution is 6.99. The van der Waals surface area contributed by atoms with Crippen molar-refractivity contribution in [1.82, 2.24) is 0 Å². The van der Waals surface area contributed by atoms with Crippen molar-refractivity contribution in [2.24, 2.45) is 0 Å². The molecule has 49 heavy (non-hydrogen) atoms. The summed E-state index contributed by atoms with van der Waals surface area (Å²) in [7, 11) is -2.87. The number of hydrogen-bond acceptors (Lipinski definition) is 5. The van der Waals surface area contributed by atoms with Crippen LogP contribution >= 0.6 is 0 Å². The van der Waals surface area contributed by atoms with Gasteiger partial charge in [-0.15, -0.1) is 0 Å². The fourth-order valence-corrected chi connectivity index (χ4v) is 12.1. The van der Waals surface area contributed by atoms with E-state index < -0.39 is 26.6 Å². The lowest BCUT2D eigenvalue weighted by atomic mass is 9.87. The summed E-state index contributed by atoms with van der Waals surface area (Å²) in [4.78, 5) is 0. The Balaban J connectivity index is 1.29. The lowest BCUT2D eigenvalue weighted by Gasteiger charge is -2.50. The fourth-order valence-electron chi connectivity index (χ4n) is 7.50. The third-order valence-corrected chi connectivity index (χ3v) is 14.9. The molecule has 2 heterocycles. The van der Waals surface area contributed by atoms with Crippen LogP contribution in [0.5, 0.6) is 0 Å². The van der Waals surface area contributed by atoms with Crippen LogP contribution in [0.1, 0.15) is 49.1 Å². The van der Waals surface area contributed by atoms with E-state index in [1.807, 2.05) is 36.4 Å². The molecule has 0 radical (unpaired) electrons. The number of fused-ring (bicyclic) bond motifs is 3. The largest absolute Gasteiger partial charge is 0.405 e. The zero-order valence-electron chi connectivity index (χ0n) is 28.6. The molecule has 0 aromatic heterocycles. The number of ether oxygens (including phenoxy) is 4. The van der Waals surface area contributed by atoms with Crippen LogP contribution in [0.4, 0.5) is 0 Å². The topological polar surface area (TPSA) is 46.2 Å². The summed E-state index contributed by atoms with van der Waals surface area (Å²) in [5.41, 5.74) is 4.47. The molecule has 0 saturated carbocycles. The van der Waals surface area contributed by atoms with Gasteiger partial charge in [-0.1, -0.05) is 166 Å². The Kier molecular flexibility index (Phi) is 10.2. The van der Waals surface area contributed by atoms with Gasteiger partial charge in [-0.25, -0.2) is 0 Å². The van der Waals surface area contributed by atoms with Crippen LogP contribution in [0.3, 0.4) is 0 Å². The molecule has 0 amide bonds. The predicted octanol–water partition coefficient (Wildman–Crippen LogP) is 7.77. The van der Waals surface area contributed by atoms with Crippen molar-refractivity contribution in [2.45, 2.75) is 76.1 Å². The maximum atomic E-state index is 7.50. The molecule has 2 aliphatic heterocycles. The van der Waals surface area contributed by atoms with E-state index in [9.17, 15) is 0 Å². The van der Waals surface area contributed by atoms with Gasteiger partial charge in [0.05, 0.1) is 26.4 Å². The van der Waals surface area contributed by atoms with Gasteiger partial charge in [-0.2, -0.15) is 0 Å². The van der Waals surface area contributed by atoms with Crippen molar-refractivity contribution in [2.75, 3.05) is 6.61 Å². The van der Waals surface area contributed by atoms with Crippen molar-refractivity contribution < 1.29 is 23.4 Å². The number of hydrogen-bond donors (Lipinski definition) is 0. The molecule has 5 nitrogen and oxygen atoms in total. The highest BCUT2D eigenvalue weighted by Crippen LogP contribution is 2.43. The standard InChI is InChI=1S/C43H46O5Si/c1-43(2,3)49(35-23-12-6-13-24-35,36-25-14-7-15-26-36)47-31-38-40(44-28-32-18-8-4-9-19-32)42(45-29-33-20-10-5-11-21-33)41-39(48-38)37-27-17-16-22-34(37)30-46-41/h4-27,38-42H,28-31H2,1-3H3/t38?,39-,40+,41?,42?/m0/s1. The highest BCUT2D eigenvalue weighted by atomic mass is 28.4. The van der Waals surface area contributed by atoms with Crippen molar-refractivity contribution in [3.05, 3.63) is 168 Å². The summed E-state index contributed by atoms with van der Waals surface area (Å²) in [6.45, 7) is 8.60. The van der Waals surface area contributed by atoms with Gasteiger partial charge in [0, 0.05) is 0 Å². The van der Waals surface area contributed by atoms with E-state index in [0.29, 0.717) is 26.4 Å². The SMILES string of the molecule is CC(C)(C)[Si](OCC1O[C@H]2c3ccccc3COC2C(OCc2ccccc2)[C@@H]1OCc1ccccc1)(c1ccccc1)c1ccccc1. The molecule has 0 bridgehead atoms. The molecule has 0 spiro atoms. The Bertz CT molecular complexity index is 1720.